The molecule has 140 valence electrons. The highest BCUT2D eigenvalue weighted by molar-refractivity contribution is 7.90. The number of anilines is 1. The van der Waals surface area contributed by atoms with Gasteiger partial charge >= 0.3 is 0 Å². The number of carbonyl (C=O) groups is 1. The van der Waals surface area contributed by atoms with Crippen molar-refractivity contribution in [3.05, 3.63) is 59.7 Å². The molecule has 27 heavy (non-hydrogen) atoms. The topological polar surface area (TPSA) is 78.8 Å². The van der Waals surface area contributed by atoms with Crippen molar-refractivity contribution in [2.75, 3.05) is 18.4 Å². The van der Waals surface area contributed by atoms with E-state index in [1.807, 2.05) is 36.1 Å². The Kier molecular flexibility index (Phi) is 4.47. The first kappa shape index (κ1) is 17.7. The molecule has 4 rings (SSSR count). The van der Waals surface area contributed by atoms with E-state index < -0.39 is 10.0 Å². The highest BCUT2D eigenvalue weighted by atomic mass is 32.2. The van der Waals surface area contributed by atoms with Crippen LogP contribution in [0.25, 0.3) is 0 Å². The van der Waals surface area contributed by atoms with E-state index in [9.17, 15) is 13.2 Å². The predicted molar refractivity (Wildman–Crippen MR) is 104 cm³/mol. The largest absolute Gasteiger partial charge is 0.355 e. The molecule has 1 amide bonds. The summed E-state index contributed by atoms with van der Waals surface area (Å²) in [6.07, 6.45) is 1.59. The average molecular weight is 383 g/mol. The van der Waals surface area contributed by atoms with E-state index in [1.54, 1.807) is 24.3 Å². The van der Waals surface area contributed by atoms with E-state index in [1.165, 1.54) is 0 Å². The monoisotopic (exact) mass is 383 g/mol. The number of nitrogens with one attached hydrogen (secondary N) is 1. The minimum atomic E-state index is -3.65. The van der Waals surface area contributed by atoms with E-state index in [4.69, 9.17) is 0 Å². The molecule has 2 aromatic rings. The molecule has 1 fully saturated rings. The first-order valence-electron chi connectivity index (χ1n) is 9.01. The quantitative estimate of drug-likeness (QED) is 0.865. The minimum Gasteiger partial charge on any atom is -0.355 e. The van der Waals surface area contributed by atoms with Gasteiger partial charge in [0.2, 0.25) is 5.91 Å². The van der Waals surface area contributed by atoms with Crippen LogP contribution in [-0.4, -0.2) is 38.2 Å². The summed E-state index contributed by atoms with van der Waals surface area (Å²) in [6, 6.07) is 14.5. The summed E-state index contributed by atoms with van der Waals surface area (Å²) in [5.74, 6) is 0.204. The fourth-order valence-electron chi connectivity index (χ4n) is 3.58. The summed E-state index contributed by atoms with van der Waals surface area (Å²) >= 11 is 0. The maximum atomic E-state index is 12.7. The van der Waals surface area contributed by atoms with Crippen molar-refractivity contribution in [3.63, 3.8) is 0 Å². The Morgan fingerprint density at radius 1 is 1.15 bits per heavy atom. The average Bonchev–Trinajstić information content (AvgIpc) is 2.95. The molecule has 1 N–H and O–H groups in total. The van der Waals surface area contributed by atoms with E-state index in [-0.39, 0.29) is 16.7 Å². The summed E-state index contributed by atoms with van der Waals surface area (Å²) in [5, 5.41) is 2.96. The van der Waals surface area contributed by atoms with Crippen LogP contribution in [0.4, 0.5) is 5.69 Å². The summed E-state index contributed by atoms with van der Waals surface area (Å²) in [4.78, 5) is 14.9. The van der Waals surface area contributed by atoms with Gasteiger partial charge in [0.15, 0.2) is 5.84 Å². The Labute approximate surface area is 159 Å². The van der Waals surface area contributed by atoms with Gasteiger partial charge < -0.3 is 10.2 Å². The van der Waals surface area contributed by atoms with Crippen LogP contribution in [0.2, 0.25) is 0 Å². The van der Waals surface area contributed by atoms with Gasteiger partial charge in [-0.05, 0) is 44.0 Å². The number of rotatable bonds is 2. The third kappa shape index (κ3) is 3.47. The molecule has 2 heterocycles. The van der Waals surface area contributed by atoms with Crippen molar-refractivity contribution in [2.24, 2.45) is 10.3 Å². The van der Waals surface area contributed by atoms with Gasteiger partial charge in [0.05, 0.1) is 5.92 Å². The Balaban J connectivity index is 1.52. The number of amidine groups is 1. The molecular weight excluding hydrogens is 362 g/mol. The van der Waals surface area contributed by atoms with Gasteiger partial charge in [-0.15, -0.1) is 4.40 Å². The number of hydrogen-bond donors (Lipinski definition) is 1. The lowest BCUT2D eigenvalue weighted by molar-refractivity contribution is -0.121. The van der Waals surface area contributed by atoms with Gasteiger partial charge in [0, 0.05) is 24.3 Å². The van der Waals surface area contributed by atoms with Crippen molar-refractivity contribution in [2.45, 2.75) is 24.7 Å². The van der Waals surface area contributed by atoms with Crippen molar-refractivity contribution in [1.82, 2.24) is 4.90 Å². The van der Waals surface area contributed by atoms with Crippen LogP contribution in [0, 0.1) is 12.8 Å². The molecule has 6 nitrogen and oxygen atoms in total. The van der Waals surface area contributed by atoms with Gasteiger partial charge in [-0.1, -0.05) is 29.8 Å². The second-order valence-electron chi connectivity index (χ2n) is 7.03. The number of likely N-dealkylation sites (tertiary alicyclic amines) is 1. The van der Waals surface area contributed by atoms with Crippen LogP contribution in [0.1, 0.15) is 24.0 Å². The highest BCUT2D eigenvalue weighted by Crippen LogP contribution is 2.30. The summed E-state index contributed by atoms with van der Waals surface area (Å²) in [7, 11) is -3.65. The molecule has 0 spiro atoms. The molecule has 0 saturated carbocycles. The number of hydrogen-bond acceptors (Lipinski definition) is 4. The zero-order chi connectivity index (χ0) is 19.0. The minimum absolute atomic E-state index is 0.0432. The molecule has 0 radical (unpaired) electrons. The van der Waals surface area contributed by atoms with Crippen LogP contribution in [0.3, 0.4) is 0 Å². The van der Waals surface area contributed by atoms with Gasteiger partial charge in [-0.3, -0.25) is 4.79 Å². The Morgan fingerprint density at radius 3 is 2.67 bits per heavy atom. The Bertz CT molecular complexity index is 1010. The third-order valence-electron chi connectivity index (χ3n) is 5.02. The first-order chi connectivity index (χ1) is 12.9. The molecule has 2 aliphatic heterocycles. The second kappa shape index (κ2) is 6.81. The molecule has 1 atom stereocenters. The van der Waals surface area contributed by atoms with Gasteiger partial charge in [0.25, 0.3) is 10.0 Å². The summed E-state index contributed by atoms with van der Waals surface area (Å²) < 4.78 is 28.6. The maximum Gasteiger partial charge on any atom is 0.285 e. The second-order valence-corrected chi connectivity index (χ2v) is 8.60. The Hall–Kier alpha value is -2.67. The number of sulfonamides is 1. The van der Waals surface area contributed by atoms with Crippen molar-refractivity contribution in [3.8, 4) is 0 Å². The number of amides is 1. The zero-order valence-electron chi connectivity index (χ0n) is 15.1. The van der Waals surface area contributed by atoms with Crippen LogP contribution in [0.5, 0.6) is 0 Å². The third-order valence-corrected chi connectivity index (χ3v) is 6.35. The highest BCUT2D eigenvalue weighted by Gasteiger charge is 2.35. The molecule has 0 aliphatic carbocycles. The molecule has 1 unspecified atom stereocenters. The number of piperidine rings is 1. The van der Waals surface area contributed by atoms with Crippen LogP contribution < -0.4 is 5.32 Å². The van der Waals surface area contributed by atoms with Gasteiger partial charge in [-0.25, -0.2) is 0 Å². The van der Waals surface area contributed by atoms with Gasteiger partial charge in [0.1, 0.15) is 4.90 Å². The molecule has 2 aliphatic rings. The van der Waals surface area contributed by atoms with Crippen molar-refractivity contribution in [1.29, 1.82) is 0 Å². The van der Waals surface area contributed by atoms with E-state index in [0.29, 0.717) is 24.5 Å². The lowest BCUT2D eigenvalue weighted by atomic mass is 9.96. The van der Waals surface area contributed by atoms with Crippen molar-refractivity contribution >= 4 is 27.5 Å². The van der Waals surface area contributed by atoms with Gasteiger partial charge in [-0.2, -0.15) is 8.42 Å². The number of fused-ring (bicyclic) bond motifs is 1. The lowest BCUT2D eigenvalue weighted by Gasteiger charge is -2.33. The van der Waals surface area contributed by atoms with E-state index in [2.05, 4.69) is 9.71 Å². The molecule has 2 aromatic carbocycles. The fraction of sp³-hybridized carbons (Fsp3) is 0.300. The molecule has 1 saturated heterocycles. The standard InChI is InChI=1S/C20H21N3O3S/c1-14-8-10-16(11-9-14)21-20(24)15-5-4-12-23(13-15)19-17-6-2-3-7-18(17)27(25,26)22-19/h2-3,6-11,15H,4-5,12-13H2,1H3,(H,21,24). The normalized spacial score (nSPS) is 20.7. The van der Waals surface area contributed by atoms with Crippen molar-refractivity contribution < 1.29 is 13.2 Å². The molecule has 0 bridgehead atoms. The van der Waals surface area contributed by atoms with Crippen LogP contribution in [0.15, 0.2) is 57.8 Å². The maximum absolute atomic E-state index is 12.7. The predicted octanol–water partition coefficient (Wildman–Crippen LogP) is 2.79. The smallest absolute Gasteiger partial charge is 0.285 e. The SMILES string of the molecule is Cc1ccc(NC(=O)C2CCCN(C3=NS(=O)(=O)c4ccccc43)C2)cc1. The number of benzene rings is 2. The van der Waals surface area contributed by atoms with Crippen LogP contribution >= 0.6 is 0 Å². The number of aryl methyl sites for hydroxylation is 1. The summed E-state index contributed by atoms with van der Waals surface area (Å²) in [5.41, 5.74) is 2.53. The molecule has 7 heteroatoms. The fourth-order valence-corrected chi connectivity index (χ4v) is 4.81. The molecular formula is C20H21N3O3S. The number of carbonyl (C=O) groups excluding carboxylic acids is 1. The Morgan fingerprint density at radius 2 is 1.89 bits per heavy atom. The first-order valence-corrected chi connectivity index (χ1v) is 10.4. The molecule has 0 aromatic heterocycles. The number of nitrogens with zero attached hydrogens (tertiary/aromatic N) is 2. The lowest BCUT2D eigenvalue weighted by Crippen LogP contribution is -2.43. The van der Waals surface area contributed by atoms with E-state index >= 15 is 0 Å². The summed E-state index contributed by atoms with van der Waals surface area (Å²) in [6.45, 7) is 3.15. The zero-order valence-corrected chi connectivity index (χ0v) is 15.9. The van der Waals surface area contributed by atoms with Crippen LogP contribution in [-0.2, 0) is 14.8 Å². The van der Waals surface area contributed by atoms with E-state index in [0.717, 1.165) is 24.1 Å².